The third kappa shape index (κ3) is 4.73. The molecule has 0 saturated heterocycles. The van der Waals surface area contributed by atoms with E-state index in [0.29, 0.717) is 0 Å². The van der Waals surface area contributed by atoms with Crippen LogP contribution in [0.2, 0.25) is 5.02 Å². The van der Waals surface area contributed by atoms with Gasteiger partial charge in [0.1, 0.15) is 11.9 Å². The molecule has 0 unspecified atom stereocenters. The number of hydrogen-bond acceptors (Lipinski definition) is 5. The van der Waals surface area contributed by atoms with Crippen LogP contribution in [0, 0.1) is 5.82 Å². The normalized spacial score (nSPS) is 13.3. The first-order chi connectivity index (χ1) is 14.3. The van der Waals surface area contributed by atoms with E-state index >= 15 is 0 Å². The Bertz CT molecular complexity index is 1220. The van der Waals surface area contributed by atoms with Crippen LogP contribution in [0.1, 0.15) is 45.2 Å². The summed E-state index contributed by atoms with van der Waals surface area (Å²) in [7, 11) is -2.42. The summed E-state index contributed by atoms with van der Waals surface area (Å²) in [5.41, 5.74) is 1.03. The van der Waals surface area contributed by atoms with Crippen LogP contribution in [0.15, 0.2) is 41.3 Å². The van der Waals surface area contributed by atoms with Crippen molar-refractivity contribution in [3.05, 3.63) is 58.6 Å². The van der Waals surface area contributed by atoms with Gasteiger partial charge in [-0.25, -0.2) is 12.8 Å². The zero-order chi connectivity index (χ0) is 23.1. The SMILES string of the molecule is C[C@@H](O)c1nnc(-c2cc(Cl)c(F)cc2NS(=O)(=O)c2ccc(C(C)(C)C)cc2)n1C. The van der Waals surface area contributed by atoms with Crippen LogP contribution in [0.5, 0.6) is 0 Å². The number of halogens is 2. The fourth-order valence-electron chi connectivity index (χ4n) is 3.09. The number of aliphatic hydroxyl groups is 1. The van der Waals surface area contributed by atoms with Crippen LogP contribution in [0.25, 0.3) is 11.4 Å². The highest BCUT2D eigenvalue weighted by Gasteiger charge is 2.23. The fraction of sp³-hybridized carbons (Fsp3) is 0.333. The second-order valence-corrected chi connectivity index (χ2v) is 10.4. The monoisotopic (exact) mass is 466 g/mol. The first-order valence-corrected chi connectivity index (χ1v) is 11.4. The number of nitrogens with zero attached hydrogens (tertiary/aromatic N) is 3. The molecule has 0 fully saturated rings. The third-order valence-corrected chi connectivity index (χ3v) is 6.53. The molecule has 0 amide bonds. The molecule has 0 aliphatic carbocycles. The minimum Gasteiger partial charge on any atom is -0.385 e. The molecule has 0 aliphatic rings. The summed E-state index contributed by atoms with van der Waals surface area (Å²) in [6.07, 6.45) is -0.899. The van der Waals surface area contributed by atoms with Gasteiger partial charge in [-0.15, -0.1) is 10.2 Å². The van der Waals surface area contributed by atoms with E-state index in [0.717, 1.165) is 11.6 Å². The van der Waals surface area contributed by atoms with E-state index < -0.39 is 21.9 Å². The van der Waals surface area contributed by atoms with Crippen molar-refractivity contribution in [1.29, 1.82) is 0 Å². The summed E-state index contributed by atoms with van der Waals surface area (Å²) >= 11 is 5.95. The predicted octanol–water partition coefficient (Wildman–Crippen LogP) is 4.43. The maximum absolute atomic E-state index is 14.2. The van der Waals surface area contributed by atoms with Crippen molar-refractivity contribution in [1.82, 2.24) is 14.8 Å². The molecule has 1 atom stereocenters. The quantitative estimate of drug-likeness (QED) is 0.579. The molecule has 31 heavy (non-hydrogen) atoms. The average molecular weight is 467 g/mol. The van der Waals surface area contributed by atoms with Crippen LogP contribution < -0.4 is 4.72 Å². The summed E-state index contributed by atoms with van der Waals surface area (Å²) in [5.74, 6) is -0.301. The first kappa shape index (κ1) is 23.2. The van der Waals surface area contributed by atoms with Crippen molar-refractivity contribution in [2.75, 3.05) is 4.72 Å². The Labute approximate surface area is 186 Å². The largest absolute Gasteiger partial charge is 0.385 e. The van der Waals surface area contributed by atoms with Gasteiger partial charge < -0.3 is 9.67 Å². The van der Waals surface area contributed by atoms with Crippen molar-refractivity contribution in [2.45, 2.75) is 44.1 Å². The molecular formula is C21H24ClFN4O3S. The molecule has 2 N–H and O–H groups in total. The predicted molar refractivity (Wildman–Crippen MR) is 118 cm³/mol. The van der Waals surface area contributed by atoms with E-state index in [1.54, 1.807) is 19.2 Å². The van der Waals surface area contributed by atoms with Crippen LogP contribution in [-0.4, -0.2) is 28.3 Å². The third-order valence-electron chi connectivity index (χ3n) is 4.86. The lowest BCUT2D eigenvalue weighted by molar-refractivity contribution is 0.185. The minimum atomic E-state index is -4.02. The zero-order valence-corrected chi connectivity index (χ0v) is 19.4. The topological polar surface area (TPSA) is 97.1 Å². The number of benzene rings is 2. The minimum absolute atomic E-state index is 0.0319. The molecule has 0 bridgehead atoms. The van der Waals surface area contributed by atoms with Crippen molar-refractivity contribution >= 4 is 27.3 Å². The van der Waals surface area contributed by atoms with Gasteiger partial charge >= 0.3 is 0 Å². The van der Waals surface area contributed by atoms with Gasteiger partial charge in [-0.3, -0.25) is 4.72 Å². The maximum atomic E-state index is 14.2. The fourth-order valence-corrected chi connectivity index (χ4v) is 4.33. The van der Waals surface area contributed by atoms with E-state index in [4.69, 9.17) is 11.6 Å². The first-order valence-electron chi connectivity index (χ1n) is 9.51. The Hall–Kier alpha value is -2.49. The summed E-state index contributed by atoms with van der Waals surface area (Å²) in [4.78, 5) is 0.0319. The second-order valence-electron chi connectivity index (χ2n) is 8.31. The van der Waals surface area contributed by atoms with E-state index in [1.165, 1.54) is 29.7 Å². The van der Waals surface area contributed by atoms with Crippen LogP contribution >= 0.6 is 11.6 Å². The number of aromatic nitrogens is 3. The van der Waals surface area contributed by atoms with E-state index in [9.17, 15) is 17.9 Å². The second kappa shape index (κ2) is 8.22. The molecule has 0 saturated carbocycles. The molecule has 3 aromatic rings. The summed E-state index contributed by atoms with van der Waals surface area (Å²) in [5, 5.41) is 17.6. The van der Waals surface area contributed by atoms with Gasteiger partial charge in [-0.2, -0.15) is 0 Å². The molecule has 3 rings (SSSR count). The summed E-state index contributed by atoms with van der Waals surface area (Å²) in [6, 6.07) is 8.76. The zero-order valence-electron chi connectivity index (χ0n) is 17.8. The molecule has 1 heterocycles. The summed E-state index contributed by atoms with van der Waals surface area (Å²) < 4.78 is 44.1. The Morgan fingerprint density at radius 1 is 1.16 bits per heavy atom. The van der Waals surface area contributed by atoms with E-state index in [1.807, 2.05) is 20.8 Å². The van der Waals surface area contributed by atoms with Crippen LogP contribution in [0.4, 0.5) is 10.1 Å². The average Bonchev–Trinajstić information content (AvgIpc) is 3.05. The van der Waals surface area contributed by atoms with Crippen molar-refractivity contribution in [3.8, 4) is 11.4 Å². The highest BCUT2D eigenvalue weighted by Crippen LogP contribution is 2.34. The van der Waals surface area contributed by atoms with E-state index in [2.05, 4.69) is 14.9 Å². The van der Waals surface area contributed by atoms with Crippen molar-refractivity contribution in [2.24, 2.45) is 7.05 Å². The number of hydrogen-bond donors (Lipinski definition) is 2. The van der Waals surface area contributed by atoms with Gasteiger partial charge in [0, 0.05) is 18.7 Å². The maximum Gasteiger partial charge on any atom is 0.261 e. The number of sulfonamides is 1. The summed E-state index contributed by atoms with van der Waals surface area (Å²) in [6.45, 7) is 7.61. The standard InChI is InChI=1S/C21H24ClFN4O3S/c1-12(28)19-24-25-20(27(19)5)15-10-16(22)17(23)11-18(15)26-31(29,30)14-8-6-13(7-9-14)21(2,3)4/h6-12,26,28H,1-5H3/t12-/m1/s1. The number of anilines is 1. The molecule has 10 heteroatoms. The molecule has 0 radical (unpaired) electrons. The Morgan fingerprint density at radius 2 is 1.77 bits per heavy atom. The lowest BCUT2D eigenvalue weighted by Crippen LogP contribution is -2.16. The molecular weight excluding hydrogens is 443 g/mol. The van der Waals surface area contributed by atoms with E-state index in [-0.39, 0.29) is 38.2 Å². The highest BCUT2D eigenvalue weighted by molar-refractivity contribution is 7.92. The molecule has 0 aliphatic heterocycles. The van der Waals surface area contributed by atoms with Gasteiger partial charge in [0.2, 0.25) is 0 Å². The van der Waals surface area contributed by atoms with Gasteiger partial charge in [0.25, 0.3) is 10.0 Å². The van der Waals surface area contributed by atoms with Gasteiger partial charge in [0.15, 0.2) is 11.6 Å². The Kier molecular flexibility index (Phi) is 6.14. The molecule has 1 aromatic heterocycles. The lowest BCUT2D eigenvalue weighted by Gasteiger charge is -2.19. The van der Waals surface area contributed by atoms with Gasteiger partial charge in [-0.05, 0) is 36.1 Å². The molecule has 2 aromatic carbocycles. The number of aliphatic hydroxyl groups excluding tert-OH is 1. The van der Waals surface area contributed by atoms with Crippen molar-refractivity contribution in [3.63, 3.8) is 0 Å². The number of nitrogens with one attached hydrogen (secondary N) is 1. The van der Waals surface area contributed by atoms with Crippen molar-refractivity contribution < 1.29 is 17.9 Å². The molecule has 0 spiro atoms. The van der Waals surface area contributed by atoms with Gasteiger partial charge in [-0.1, -0.05) is 44.5 Å². The lowest BCUT2D eigenvalue weighted by atomic mass is 9.87. The van der Waals surface area contributed by atoms with Crippen LogP contribution in [-0.2, 0) is 22.5 Å². The smallest absolute Gasteiger partial charge is 0.261 e. The Balaban J connectivity index is 2.06. The molecule has 7 nitrogen and oxygen atoms in total. The Morgan fingerprint density at radius 3 is 2.29 bits per heavy atom. The van der Waals surface area contributed by atoms with Crippen LogP contribution in [0.3, 0.4) is 0 Å². The molecule has 166 valence electrons. The highest BCUT2D eigenvalue weighted by atomic mass is 35.5. The number of rotatable bonds is 5. The van der Waals surface area contributed by atoms with Gasteiger partial charge in [0.05, 0.1) is 15.6 Å².